The Bertz CT molecular complexity index is 544. The van der Waals surface area contributed by atoms with Crippen molar-refractivity contribution in [1.29, 1.82) is 0 Å². The maximum atomic E-state index is 12.4. The third-order valence-corrected chi connectivity index (χ3v) is 3.82. The summed E-state index contributed by atoms with van der Waals surface area (Å²) in [7, 11) is 0. The fourth-order valence-electron chi connectivity index (χ4n) is 2.55. The van der Waals surface area contributed by atoms with Crippen LogP contribution in [0.1, 0.15) is 43.1 Å². The van der Waals surface area contributed by atoms with E-state index in [1.807, 2.05) is 12.1 Å². The number of hydrogen-bond donors (Lipinski definition) is 2. The molecule has 0 bridgehead atoms. The molecule has 0 aliphatic carbocycles. The number of carboxylic acids is 1. The molecule has 1 saturated heterocycles. The summed E-state index contributed by atoms with van der Waals surface area (Å²) in [5.41, 5.74) is 1.55. The summed E-state index contributed by atoms with van der Waals surface area (Å²) in [6, 6.07) is 6.25. The number of carbonyl (C=O) groups is 2. The number of carboxylic acid groups (broad SMARTS) is 1. The maximum absolute atomic E-state index is 12.4. The van der Waals surface area contributed by atoms with E-state index < -0.39 is 18.1 Å². The first-order chi connectivity index (χ1) is 9.70. The highest BCUT2D eigenvalue weighted by Crippen LogP contribution is 2.24. The minimum atomic E-state index is -1.08. The quantitative estimate of drug-likeness (QED) is 0.868. The molecule has 1 aromatic rings. The number of aliphatic hydroxyl groups excluding tert-OH is 1. The van der Waals surface area contributed by atoms with E-state index in [4.69, 9.17) is 5.11 Å². The molecular weight excluding hydrogens is 270 g/mol. The molecule has 5 nitrogen and oxygen atoms in total. The van der Waals surface area contributed by atoms with Gasteiger partial charge in [0, 0.05) is 18.5 Å². The Labute approximate surface area is 124 Å². The predicted octanol–water partition coefficient (Wildman–Crippen LogP) is 1.64. The number of amides is 1. The van der Waals surface area contributed by atoms with Crippen molar-refractivity contribution in [2.24, 2.45) is 0 Å². The van der Waals surface area contributed by atoms with E-state index in [9.17, 15) is 14.7 Å². The second kappa shape index (κ2) is 5.48. The van der Waals surface area contributed by atoms with Crippen molar-refractivity contribution in [3.05, 3.63) is 35.4 Å². The molecule has 1 aliphatic heterocycles. The Morgan fingerprint density at radius 2 is 1.76 bits per heavy atom. The van der Waals surface area contributed by atoms with Gasteiger partial charge in [-0.15, -0.1) is 0 Å². The van der Waals surface area contributed by atoms with Crippen LogP contribution in [0.4, 0.5) is 0 Å². The molecule has 0 unspecified atom stereocenters. The largest absolute Gasteiger partial charge is 0.480 e. The third kappa shape index (κ3) is 3.24. The zero-order valence-corrected chi connectivity index (χ0v) is 12.5. The normalized spacial score (nSPS) is 22.4. The van der Waals surface area contributed by atoms with E-state index in [0.29, 0.717) is 5.56 Å². The van der Waals surface area contributed by atoms with Crippen LogP contribution >= 0.6 is 0 Å². The standard InChI is InChI=1S/C16H21NO4/c1-16(2,3)11-6-4-10(5-7-11)14(19)17-9-12(18)8-13(17)15(20)21/h4-7,12-13,18H,8-9H2,1-3H3,(H,20,21)/t12-,13-/m0/s1. The first-order valence-corrected chi connectivity index (χ1v) is 7.02. The van der Waals surface area contributed by atoms with Crippen LogP contribution in [0, 0.1) is 0 Å². The average Bonchev–Trinajstić information content (AvgIpc) is 2.79. The zero-order valence-electron chi connectivity index (χ0n) is 12.5. The lowest BCUT2D eigenvalue weighted by atomic mass is 9.86. The molecule has 2 atom stereocenters. The van der Waals surface area contributed by atoms with Crippen LogP contribution in [0.3, 0.4) is 0 Å². The highest BCUT2D eigenvalue weighted by atomic mass is 16.4. The lowest BCUT2D eigenvalue weighted by molar-refractivity contribution is -0.141. The Balaban J connectivity index is 2.22. The lowest BCUT2D eigenvalue weighted by Crippen LogP contribution is -2.40. The summed E-state index contributed by atoms with van der Waals surface area (Å²) in [6.45, 7) is 6.32. The van der Waals surface area contributed by atoms with Gasteiger partial charge in [-0.25, -0.2) is 4.79 Å². The zero-order chi connectivity index (χ0) is 15.8. The van der Waals surface area contributed by atoms with Crippen molar-refractivity contribution in [2.45, 2.75) is 44.8 Å². The fourth-order valence-corrected chi connectivity index (χ4v) is 2.55. The van der Waals surface area contributed by atoms with Crippen LogP contribution in [-0.4, -0.2) is 45.7 Å². The molecule has 2 N–H and O–H groups in total. The van der Waals surface area contributed by atoms with Crippen molar-refractivity contribution in [1.82, 2.24) is 4.90 Å². The van der Waals surface area contributed by atoms with Crippen LogP contribution in [0.5, 0.6) is 0 Å². The monoisotopic (exact) mass is 291 g/mol. The van der Waals surface area contributed by atoms with Gasteiger partial charge in [0.2, 0.25) is 0 Å². The highest BCUT2D eigenvalue weighted by molar-refractivity contribution is 5.97. The number of β-amino-alcohol motifs (C(OH)–C–C–N with tert-alkyl or cyclic N) is 1. The Kier molecular flexibility index (Phi) is 4.05. The second-order valence-electron chi connectivity index (χ2n) is 6.53. The van der Waals surface area contributed by atoms with Crippen molar-refractivity contribution < 1.29 is 19.8 Å². The lowest BCUT2D eigenvalue weighted by Gasteiger charge is -2.22. The molecule has 0 saturated carbocycles. The van der Waals surface area contributed by atoms with Crippen molar-refractivity contribution in [3.8, 4) is 0 Å². The average molecular weight is 291 g/mol. The molecule has 2 rings (SSSR count). The van der Waals surface area contributed by atoms with Gasteiger partial charge in [-0.3, -0.25) is 4.79 Å². The molecule has 1 heterocycles. The molecule has 0 radical (unpaired) electrons. The van der Waals surface area contributed by atoms with E-state index in [2.05, 4.69) is 20.8 Å². The SMILES string of the molecule is CC(C)(C)c1ccc(C(=O)N2C[C@@H](O)C[C@H]2C(=O)O)cc1. The smallest absolute Gasteiger partial charge is 0.326 e. The molecule has 21 heavy (non-hydrogen) atoms. The van der Waals surface area contributed by atoms with Gasteiger partial charge in [0.1, 0.15) is 6.04 Å². The summed E-state index contributed by atoms with van der Waals surface area (Å²) in [4.78, 5) is 24.8. The van der Waals surface area contributed by atoms with E-state index in [-0.39, 0.29) is 24.3 Å². The number of hydrogen-bond acceptors (Lipinski definition) is 3. The Hall–Kier alpha value is -1.88. The van der Waals surface area contributed by atoms with E-state index in [1.54, 1.807) is 12.1 Å². The topological polar surface area (TPSA) is 77.8 Å². The van der Waals surface area contributed by atoms with Gasteiger partial charge in [0.15, 0.2) is 0 Å². The van der Waals surface area contributed by atoms with Crippen molar-refractivity contribution in [3.63, 3.8) is 0 Å². The van der Waals surface area contributed by atoms with E-state index in [1.165, 1.54) is 4.90 Å². The van der Waals surface area contributed by atoms with Gasteiger partial charge < -0.3 is 15.1 Å². The van der Waals surface area contributed by atoms with Gasteiger partial charge in [0.05, 0.1) is 6.10 Å². The number of aliphatic hydroxyl groups is 1. The van der Waals surface area contributed by atoms with Gasteiger partial charge in [-0.05, 0) is 23.1 Å². The predicted molar refractivity (Wildman–Crippen MR) is 78.2 cm³/mol. The number of nitrogens with zero attached hydrogens (tertiary/aromatic N) is 1. The summed E-state index contributed by atoms with van der Waals surface area (Å²) in [6.07, 6.45) is -0.690. The molecule has 0 aromatic heterocycles. The number of likely N-dealkylation sites (tertiary alicyclic amines) is 1. The minimum absolute atomic E-state index is 0.00494. The molecule has 0 spiro atoms. The molecule has 1 amide bonds. The number of rotatable bonds is 2. The van der Waals surface area contributed by atoms with Crippen molar-refractivity contribution >= 4 is 11.9 Å². The molecule has 5 heteroatoms. The summed E-state index contributed by atoms with van der Waals surface area (Å²) >= 11 is 0. The van der Waals surface area contributed by atoms with Crippen molar-refractivity contribution in [2.75, 3.05) is 6.54 Å². The van der Waals surface area contributed by atoms with Crippen LogP contribution in [0.25, 0.3) is 0 Å². The molecule has 1 fully saturated rings. The van der Waals surface area contributed by atoms with E-state index >= 15 is 0 Å². The molecular formula is C16H21NO4. The first-order valence-electron chi connectivity index (χ1n) is 7.02. The fraction of sp³-hybridized carbons (Fsp3) is 0.500. The summed E-state index contributed by atoms with van der Waals surface area (Å²) in [5, 5.41) is 18.8. The van der Waals surface area contributed by atoms with Gasteiger partial charge in [-0.2, -0.15) is 0 Å². The minimum Gasteiger partial charge on any atom is -0.480 e. The summed E-state index contributed by atoms with van der Waals surface area (Å²) in [5.74, 6) is -1.43. The summed E-state index contributed by atoms with van der Waals surface area (Å²) < 4.78 is 0. The molecule has 114 valence electrons. The molecule has 1 aliphatic rings. The number of benzene rings is 1. The van der Waals surface area contributed by atoms with Crippen LogP contribution in [0.15, 0.2) is 24.3 Å². The van der Waals surface area contributed by atoms with E-state index in [0.717, 1.165) is 5.56 Å². The number of carbonyl (C=O) groups excluding carboxylic acids is 1. The third-order valence-electron chi connectivity index (χ3n) is 3.82. The van der Waals surface area contributed by atoms with Gasteiger partial charge >= 0.3 is 5.97 Å². The van der Waals surface area contributed by atoms with Crippen LogP contribution in [0.2, 0.25) is 0 Å². The number of aliphatic carboxylic acids is 1. The van der Waals surface area contributed by atoms with Gasteiger partial charge in [0.25, 0.3) is 5.91 Å². The van der Waals surface area contributed by atoms with Crippen LogP contribution < -0.4 is 0 Å². The second-order valence-corrected chi connectivity index (χ2v) is 6.53. The highest BCUT2D eigenvalue weighted by Gasteiger charge is 2.39. The maximum Gasteiger partial charge on any atom is 0.326 e. The molecule has 1 aromatic carbocycles. The van der Waals surface area contributed by atoms with Crippen LogP contribution in [-0.2, 0) is 10.2 Å². The Morgan fingerprint density at radius 1 is 1.19 bits per heavy atom. The Morgan fingerprint density at radius 3 is 2.24 bits per heavy atom. The van der Waals surface area contributed by atoms with Gasteiger partial charge in [-0.1, -0.05) is 32.9 Å². The first kappa shape index (κ1) is 15.5.